The topological polar surface area (TPSA) is 89.3 Å². The van der Waals surface area contributed by atoms with Crippen LogP contribution in [0.25, 0.3) is 0 Å². The molecule has 0 heterocycles. The van der Waals surface area contributed by atoms with E-state index in [1.54, 1.807) is 20.9 Å². The van der Waals surface area contributed by atoms with Gasteiger partial charge in [-0.3, -0.25) is 10.1 Å². The summed E-state index contributed by atoms with van der Waals surface area (Å²) in [6, 6.07) is 4.73. The molecule has 2 unspecified atom stereocenters. The van der Waals surface area contributed by atoms with E-state index in [1.807, 2.05) is 0 Å². The molecule has 2 atom stereocenters. The number of benzene rings is 1. The molecule has 1 N–H and O–H groups in total. The number of nitrogens with one attached hydrogen (secondary N) is 1. The summed E-state index contributed by atoms with van der Waals surface area (Å²) < 4.78 is 24.4. The van der Waals surface area contributed by atoms with Crippen LogP contribution in [0.1, 0.15) is 13.8 Å². The van der Waals surface area contributed by atoms with Crippen molar-refractivity contribution in [2.45, 2.75) is 30.0 Å². The van der Waals surface area contributed by atoms with Gasteiger partial charge in [0, 0.05) is 18.2 Å². The quantitative estimate of drug-likeness (QED) is 0.645. The third kappa shape index (κ3) is 2.85. The number of nitro benzene ring substituents is 1. The molecule has 100 valence electrons. The first-order valence-corrected chi connectivity index (χ1v) is 7.01. The fourth-order valence-corrected chi connectivity index (χ4v) is 3.09. The van der Waals surface area contributed by atoms with Gasteiger partial charge in [0.15, 0.2) is 9.84 Å². The minimum atomic E-state index is -3.48. The molecule has 7 heteroatoms. The highest BCUT2D eigenvalue weighted by molar-refractivity contribution is 7.92. The maximum absolute atomic E-state index is 12.2. The molecule has 0 bridgehead atoms. The van der Waals surface area contributed by atoms with Gasteiger partial charge >= 0.3 is 0 Å². The fraction of sp³-hybridized carbons (Fsp3) is 0.455. The Labute approximate surface area is 106 Å². The highest BCUT2D eigenvalue weighted by Crippen LogP contribution is 2.21. The second kappa shape index (κ2) is 5.45. The number of rotatable bonds is 5. The predicted molar refractivity (Wildman–Crippen MR) is 68.3 cm³/mol. The summed E-state index contributed by atoms with van der Waals surface area (Å²) in [5.74, 6) is 0. The maximum Gasteiger partial charge on any atom is 0.269 e. The molecular weight excluding hydrogens is 256 g/mol. The van der Waals surface area contributed by atoms with Gasteiger partial charge in [-0.15, -0.1) is 0 Å². The van der Waals surface area contributed by atoms with Crippen LogP contribution in [0.15, 0.2) is 29.2 Å². The molecule has 18 heavy (non-hydrogen) atoms. The summed E-state index contributed by atoms with van der Waals surface area (Å²) in [6.45, 7) is 3.38. The van der Waals surface area contributed by atoms with Crippen molar-refractivity contribution in [3.8, 4) is 0 Å². The smallest absolute Gasteiger partial charge is 0.269 e. The second-order valence-electron chi connectivity index (χ2n) is 4.08. The summed E-state index contributed by atoms with van der Waals surface area (Å²) in [4.78, 5) is 10.0. The Morgan fingerprint density at radius 3 is 2.11 bits per heavy atom. The number of hydrogen-bond donors (Lipinski definition) is 1. The highest BCUT2D eigenvalue weighted by Gasteiger charge is 2.27. The molecule has 6 nitrogen and oxygen atoms in total. The van der Waals surface area contributed by atoms with E-state index in [-0.39, 0.29) is 16.6 Å². The average molecular weight is 272 g/mol. The van der Waals surface area contributed by atoms with E-state index in [9.17, 15) is 18.5 Å². The monoisotopic (exact) mass is 272 g/mol. The van der Waals surface area contributed by atoms with Gasteiger partial charge in [-0.2, -0.15) is 0 Å². The Morgan fingerprint density at radius 2 is 1.72 bits per heavy atom. The van der Waals surface area contributed by atoms with Crippen LogP contribution in [-0.2, 0) is 9.84 Å². The molecule has 0 aliphatic carbocycles. The number of nitrogens with zero attached hydrogens (tertiary/aromatic N) is 1. The normalized spacial score (nSPS) is 15.1. The van der Waals surface area contributed by atoms with Crippen LogP contribution in [-0.4, -0.2) is 31.7 Å². The van der Waals surface area contributed by atoms with Crippen molar-refractivity contribution in [1.29, 1.82) is 0 Å². The van der Waals surface area contributed by atoms with Crippen molar-refractivity contribution < 1.29 is 13.3 Å². The van der Waals surface area contributed by atoms with Crippen molar-refractivity contribution in [2.24, 2.45) is 0 Å². The molecule has 1 rings (SSSR count). The first kappa shape index (κ1) is 14.6. The first-order valence-electron chi connectivity index (χ1n) is 5.46. The molecule has 0 aromatic heterocycles. The Balaban J connectivity index is 3.09. The van der Waals surface area contributed by atoms with Crippen LogP contribution in [0, 0.1) is 10.1 Å². The van der Waals surface area contributed by atoms with Gasteiger partial charge in [0.05, 0.1) is 15.1 Å². The van der Waals surface area contributed by atoms with E-state index in [0.717, 1.165) is 0 Å². The fourth-order valence-electron chi connectivity index (χ4n) is 1.48. The van der Waals surface area contributed by atoms with Gasteiger partial charge in [0.2, 0.25) is 0 Å². The third-order valence-corrected chi connectivity index (χ3v) is 5.34. The van der Waals surface area contributed by atoms with Crippen LogP contribution in [0.5, 0.6) is 0 Å². The van der Waals surface area contributed by atoms with E-state index in [1.165, 1.54) is 24.3 Å². The van der Waals surface area contributed by atoms with Gasteiger partial charge < -0.3 is 5.32 Å². The van der Waals surface area contributed by atoms with Crippen molar-refractivity contribution in [3.63, 3.8) is 0 Å². The second-order valence-corrected chi connectivity index (χ2v) is 6.38. The molecular formula is C11H16N2O4S. The lowest BCUT2D eigenvalue weighted by molar-refractivity contribution is -0.384. The lowest BCUT2D eigenvalue weighted by Gasteiger charge is -2.19. The van der Waals surface area contributed by atoms with E-state index in [0.29, 0.717) is 0 Å². The van der Waals surface area contributed by atoms with Crippen LogP contribution in [0.3, 0.4) is 0 Å². The van der Waals surface area contributed by atoms with Crippen molar-refractivity contribution in [2.75, 3.05) is 7.05 Å². The summed E-state index contributed by atoms with van der Waals surface area (Å²) in [5.41, 5.74) is -0.122. The molecule has 1 aromatic carbocycles. The predicted octanol–water partition coefficient (Wildman–Crippen LogP) is 1.36. The van der Waals surface area contributed by atoms with Gasteiger partial charge in [-0.1, -0.05) is 0 Å². The van der Waals surface area contributed by atoms with Crippen LogP contribution in [0.4, 0.5) is 5.69 Å². The minimum absolute atomic E-state index is 0.0997. The number of non-ortho nitro benzene ring substituents is 1. The van der Waals surface area contributed by atoms with E-state index < -0.39 is 20.0 Å². The lowest BCUT2D eigenvalue weighted by Crippen LogP contribution is -2.38. The van der Waals surface area contributed by atoms with E-state index in [4.69, 9.17) is 0 Å². The van der Waals surface area contributed by atoms with Crippen molar-refractivity contribution in [1.82, 2.24) is 5.32 Å². The molecule has 0 saturated heterocycles. The first-order chi connectivity index (χ1) is 8.30. The van der Waals surface area contributed by atoms with Gasteiger partial charge in [0.25, 0.3) is 5.69 Å². The number of nitro groups is 1. The summed E-state index contributed by atoms with van der Waals surface area (Å²) in [5, 5.41) is 12.8. The highest BCUT2D eigenvalue weighted by atomic mass is 32.2. The van der Waals surface area contributed by atoms with Gasteiger partial charge in [0.1, 0.15) is 0 Å². The molecule has 0 aliphatic rings. The van der Waals surface area contributed by atoms with E-state index >= 15 is 0 Å². The molecule has 0 radical (unpaired) electrons. The standard InChI is InChI=1S/C11H16N2O4S/c1-8(12-3)9(2)18(16,17)11-6-4-10(5-7-11)13(14)15/h4-9,12H,1-3H3. The molecule has 0 saturated carbocycles. The molecule has 0 aliphatic heterocycles. The van der Waals surface area contributed by atoms with Crippen LogP contribution >= 0.6 is 0 Å². The minimum Gasteiger partial charge on any atom is -0.316 e. The largest absolute Gasteiger partial charge is 0.316 e. The summed E-state index contributed by atoms with van der Waals surface area (Å²) in [7, 11) is -1.79. The number of sulfone groups is 1. The zero-order chi connectivity index (χ0) is 13.9. The Hall–Kier alpha value is -1.47. The Bertz CT molecular complexity index is 524. The maximum atomic E-state index is 12.2. The average Bonchev–Trinajstić information content (AvgIpc) is 2.36. The lowest BCUT2D eigenvalue weighted by atomic mass is 10.3. The van der Waals surface area contributed by atoms with Crippen molar-refractivity contribution in [3.05, 3.63) is 34.4 Å². The molecule has 0 spiro atoms. The van der Waals surface area contributed by atoms with Crippen molar-refractivity contribution >= 4 is 15.5 Å². The summed E-state index contributed by atoms with van der Waals surface area (Å²) in [6.07, 6.45) is 0. The Kier molecular flexibility index (Phi) is 4.42. The SMILES string of the molecule is CNC(C)C(C)S(=O)(=O)c1ccc([N+](=O)[O-])cc1. The van der Waals surface area contributed by atoms with Crippen LogP contribution in [0.2, 0.25) is 0 Å². The van der Waals surface area contributed by atoms with Gasteiger partial charge in [-0.05, 0) is 33.0 Å². The summed E-state index contributed by atoms with van der Waals surface area (Å²) >= 11 is 0. The van der Waals surface area contributed by atoms with Gasteiger partial charge in [-0.25, -0.2) is 8.42 Å². The van der Waals surface area contributed by atoms with Crippen LogP contribution < -0.4 is 5.32 Å². The zero-order valence-corrected chi connectivity index (χ0v) is 11.3. The Morgan fingerprint density at radius 1 is 1.22 bits per heavy atom. The molecule has 0 fully saturated rings. The molecule has 1 aromatic rings. The number of hydrogen-bond acceptors (Lipinski definition) is 5. The zero-order valence-electron chi connectivity index (χ0n) is 10.5. The third-order valence-electron chi connectivity index (χ3n) is 3.02. The van der Waals surface area contributed by atoms with E-state index in [2.05, 4.69) is 5.32 Å². The molecule has 0 amide bonds.